The Labute approximate surface area is 86.5 Å². The number of nitrogens with zero attached hydrogens (tertiary/aromatic N) is 1. The maximum Gasteiger partial charge on any atom is 0.216 e. The largest absolute Gasteiger partial charge is 0.330 e. The standard InChI is InChI=1S/C9H20N2O2S/c1-2-7-11(8-3-6-10)14(12,13)9-4-5-9/h9H,2-8,10H2,1H3. The molecule has 0 saturated heterocycles. The van der Waals surface area contributed by atoms with E-state index in [1.807, 2.05) is 6.92 Å². The van der Waals surface area contributed by atoms with Crippen LogP contribution in [0, 0.1) is 0 Å². The fourth-order valence-electron chi connectivity index (χ4n) is 1.46. The molecule has 0 aliphatic heterocycles. The second kappa shape index (κ2) is 5.09. The number of nitrogens with two attached hydrogens (primary N) is 1. The van der Waals surface area contributed by atoms with Crippen LogP contribution in [0.2, 0.25) is 0 Å². The molecule has 0 aromatic rings. The molecule has 0 heterocycles. The highest BCUT2D eigenvalue weighted by Crippen LogP contribution is 2.31. The molecule has 0 bridgehead atoms. The molecule has 84 valence electrons. The van der Waals surface area contributed by atoms with Crippen LogP contribution in [0.4, 0.5) is 0 Å². The summed E-state index contributed by atoms with van der Waals surface area (Å²) in [5, 5.41) is -0.0909. The van der Waals surface area contributed by atoms with Gasteiger partial charge in [-0.2, -0.15) is 0 Å². The van der Waals surface area contributed by atoms with Crippen molar-refractivity contribution in [1.29, 1.82) is 0 Å². The smallest absolute Gasteiger partial charge is 0.216 e. The summed E-state index contributed by atoms with van der Waals surface area (Å²) in [7, 11) is -2.98. The van der Waals surface area contributed by atoms with Crippen molar-refractivity contribution >= 4 is 10.0 Å². The van der Waals surface area contributed by atoms with Crippen LogP contribution in [-0.2, 0) is 10.0 Å². The summed E-state index contributed by atoms with van der Waals surface area (Å²) in [5.74, 6) is 0. The average Bonchev–Trinajstić information content (AvgIpc) is 2.94. The Hall–Kier alpha value is -0.130. The lowest BCUT2D eigenvalue weighted by molar-refractivity contribution is 0.405. The first-order valence-electron chi connectivity index (χ1n) is 5.32. The third-order valence-electron chi connectivity index (χ3n) is 2.39. The Kier molecular flexibility index (Phi) is 4.34. The highest BCUT2D eigenvalue weighted by molar-refractivity contribution is 7.90. The zero-order valence-electron chi connectivity index (χ0n) is 8.78. The summed E-state index contributed by atoms with van der Waals surface area (Å²) in [4.78, 5) is 0. The van der Waals surface area contributed by atoms with Crippen molar-refractivity contribution in [3.05, 3.63) is 0 Å². The molecule has 2 N–H and O–H groups in total. The maximum absolute atomic E-state index is 11.9. The molecule has 1 aliphatic rings. The molecule has 0 radical (unpaired) electrons. The summed E-state index contributed by atoms with van der Waals surface area (Å²) in [6.45, 7) is 3.78. The lowest BCUT2D eigenvalue weighted by atomic mass is 10.4. The average molecular weight is 220 g/mol. The number of hydrogen-bond donors (Lipinski definition) is 1. The van der Waals surface area contributed by atoms with Gasteiger partial charge < -0.3 is 5.73 Å². The number of rotatable bonds is 7. The first kappa shape index (κ1) is 11.9. The normalized spacial score (nSPS) is 17.6. The molecule has 1 rings (SSSR count). The van der Waals surface area contributed by atoms with Crippen LogP contribution in [0.25, 0.3) is 0 Å². The lowest BCUT2D eigenvalue weighted by Crippen LogP contribution is -2.36. The van der Waals surface area contributed by atoms with Gasteiger partial charge in [-0.05, 0) is 32.2 Å². The second-order valence-electron chi connectivity index (χ2n) is 3.79. The summed E-state index contributed by atoms with van der Waals surface area (Å²) in [5.41, 5.74) is 5.39. The van der Waals surface area contributed by atoms with Crippen molar-refractivity contribution in [2.45, 2.75) is 37.9 Å². The van der Waals surface area contributed by atoms with Gasteiger partial charge in [0.15, 0.2) is 0 Å². The summed E-state index contributed by atoms with van der Waals surface area (Å²) in [6.07, 6.45) is 3.30. The van der Waals surface area contributed by atoms with Gasteiger partial charge >= 0.3 is 0 Å². The molecule has 0 spiro atoms. The lowest BCUT2D eigenvalue weighted by Gasteiger charge is -2.20. The molecule has 1 fully saturated rings. The van der Waals surface area contributed by atoms with E-state index in [1.54, 1.807) is 4.31 Å². The Morgan fingerprint density at radius 3 is 2.43 bits per heavy atom. The van der Waals surface area contributed by atoms with E-state index in [1.165, 1.54) is 0 Å². The summed E-state index contributed by atoms with van der Waals surface area (Å²) in [6, 6.07) is 0. The van der Waals surface area contributed by atoms with Crippen molar-refractivity contribution in [3.8, 4) is 0 Å². The minimum absolute atomic E-state index is 0.0909. The Morgan fingerprint density at radius 2 is 2.00 bits per heavy atom. The quantitative estimate of drug-likeness (QED) is 0.681. The highest BCUT2D eigenvalue weighted by Gasteiger charge is 2.39. The molecule has 1 saturated carbocycles. The van der Waals surface area contributed by atoms with Gasteiger partial charge in [-0.15, -0.1) is 0 Å². The van der Waals surface area contributed by atoms with E-state index in [0.717, 1.165) is 25.7 Å². The second-order valence-corrected chi connectivity index (χ2v) is 6.00. The van der Waals surface area contributed by atoms with E-state index in [9.17, 15) is 8.42 Å². The molecule has 5 heteroatoms. The first-order chi connectivity index (χ1) is 6.62. The molecular weight excluding hydrogens is 200 g/mol. The van der Waals surface area contributed by atoms with Crippen molar-refractivity contribution in [1.82, 2.24) is 4.31 Å². The van der Waals surface area contributed by atoms with E-state index in [-0.39, 0.29) is 5.25 Å². The molecular formula is C9H20N2O2S. The monoisotopic (exact) mass is 220 g/mol. The van der Waals surface area contributed by atoms with Gasteiger partial charge in [0.1, 0.15) is 0 Å². The van der Waals surface area contributed by atoms with Gasteiger partial charge in [0.25, 0.3) is 0 Å². The van der Waals surface area contributed by atoms with Crippen LogP contribution in [0.1, 0.15) is 32.6 Å². The Balaban J connectivity index is 2.55. The fourth-order valence-corrected chi connectivity index (χ4v) is 3.43. The van der Waals surface area contributed by atoms with Gasteiger partial charge in [-0.3, -0.25) is 0 Å². The topological polar surface area (TPSA) is 63.4 Å². The van der Waals surface area contributed by atoms with Gasteiger partial charge in [-0.25, -0.2) is 12.7 Å². The number of hydrogen-bond acceptors (Lipinski definition) is 3. The summed E-state index contributed by atoms with van der Waals surface area (Å²) >= 11 is 0. The SMILES string of the molecule is CCCN(CCCN)S(=O)(=O)C1CC1. The molecule has 0 amide bonds. The maximum atomic E-state index is 11.9. The minimum atomic E-state index is -2.98. The van der Waals surface area contributed by atoms with Crippen molar-refractivity contribution in [2.24, 2.45) is 5.73 Å². The molecule has 0 aromatic carbocycles. The zero-order valence-corrected chi connectivity index (χ0v) is 9.59. The van der Waals surface area contributed by atoms with Gasteiger partial charge in [0.2, 0.25) is 10.0 Å². The molecule has 1 aliphatic carbocycles. The summed E-state index contributed by atoms with van der Waals surface area (Å²) < 4.78 is 25.4. The molecule has 0 aromatic heterocycles. The van der Waals surface area contributed by atoms with E-state index in [4.69, 9.17) is 5.73 Å². The Bertz CT molecular complexity index is 260. The van der Waals surface area contributed by atoms with Crippen LogP contribution in [0.5, 0.6) is 0 Å². The molecule has 0 unspecified atom stereocenters. The predicted molar refractivity (Wildman–Crippen MR) is 57.5 cm³/mol. The molecule has 14 heavy (non-hydrogen) atoms. The van der Waals surface area contributed by atoms with Crippen LogP contribution in [0.15, 0.2) is 0 Å². The number of sulfonamides is 1. The minimum Gasteiger partial charge on any atom is -0.330 e. The van der Waals surface area contributed by atoms with Gasteiger partial charge in [-0.1, -0.05) is 6.92 Å². The molecule has 4 nitrogen and oxygen atoms in total. The van der Waals surface area contributed by atoms with Crippen molar-refractivity contribution < 1.29 is 8.42 Å². The van der Waals surface area contributed by atoms with E-state index in [0.29, 0.717) is 19.6 Å². The third-order valence-corrected chi connectivity index (χ3v) is 4.79. The van der Waals surface area contributed by atoms with E-state index in [2.05, 4.69) is 0 Å². The van der Waals surface area contributed by atoms with Crippen LogP contribution in [0.3, 0.4) is 0 Å². The predicted octanol–water partition coefficient (Wildman–Crippen LogP) is 0.539. The first-order valence-corrected chi connectivity index (χ1v) is 6.82. The third kappa shape index (κ3) is 2.93. The van der Waals surface area contributed by atoms with Crippen molar-refractivity contribution in [2.75, 3.05) is 19.6 Å². The van der Waals surface area contributed by atoms with Crippen molar-refractivity contribution in [3.63, 3.8) is 0 Å². The van der Waals surface area contributed by atoms with Gasteiger partial charge in [0.05, 0.1) is 5.25 Å². The van der Waals surface area contributed by atoms with Crippen LogP contribution < -0.4 is 5.73 Å². The van der Waals surface area contributed by atoms with Gasteiger partial charge in [0, 0.05) is 13.1 Å². The fraction of sp³-hybridized carbons (Fsp3) is 1.00. The van der Waals surface area contributed by atoms with Crippen LogP contribution in [-0.4, -0.2) is 37.6 Å². The molecule has 0 atom stereocenters. The van der Waals surface area contributed by atoms with E-state index < -0.39 is 10.0 Å². The van der Waals surface area contributed by atoms with E-state index >= 15 is 0 Å². The highest BCUT2D eigenvalue weighted by atomic mass is 32.2. The zero-order chi connectivity index (χ0) is 10.6. The Morgan fingerprint density at radius 1 is 1.36 bits per heavy atom. The van der Waals surface area contributed by atoms with Crippen LogP contribution >= 0.6 is 0 Å².